The number of rotatable bonds is 5. The minimum Gasteiger partial charge on any atom is -0.496 e. The Morgan fingerprint density at radius 1 is 1.14 bits per heavy atom. The molecule has 0 aliphatic carbocycles. The van der Waals surface area contributed by atoms with Gasteiger partial charge in [0.15, 0.2) is 0 Å². The number of likely N-dealkylation sites (N-methyl/N-ethyl adjacent to an activating group) is 1. The lowest BCUT2D eigenvalue weighted by molar-refractivity contribution is 0.406. The Kier molecular flexibility index (Phi) is 5.43. The van der Waals surface area contributed by atoms with Gasteiger partial charge in [-0.05, 0) is 62.2 Å². The topological polar surface area (TPSA) is 21.3 Å². The van der Waals surface area contributed by atoms with Crippen molar-refractivity contribution in [3.8, 4) is 5.75 Å². The highest BCUT2D eigenvalue weighted by atomic mass is 79.9. The Morgan fingerprint density at radius 3 is 2.52 bits per heavy atom. The van der Waals surface area contributed by atoms with E-state index in [4.69, 9.17) is 4.74 Å². The molecule has 0 fully saturated rings. The number of hydrogen-bond acceptors (Lipinski definition) is 2. The molecule has 112 valence electrons. The van der Waals surface area contributed by atoms with Gasteiger partial charge in [-0.15, -0.1) is 0 Å². The van der Waals surface area contributed by atoms with E-state index in [2.05, 4.69) is 59.4 Å². The van der Waals surface area contributed by atoms with E-state index in [1.807, 2.05) is 19.2 Å². The van der Waals surface area contributed by atoms with Crippen LogP contribution in [0, 0.1) is 13.8 Å². The number of benzene rings is 2. The molecule has 2 aromatic rings. The Balaban J connectivity index is 2.33. The lowest BCUT2D eigenvalue weighted by Crippen LogP contribution is -2.20. The van der Waals surface area contributed by atoms with Gasteiger partial charge in [-0.3, -0.25) is 0 Å². The number of nitrogens with one attached hydrogen (secondary N) is 1. The second kappa shape index (κ2) is 7.10. The lowest BCUT2D eigenvalue weighted by atomic mass is 9.94. The van der Waals surface area contributed by atoms with Crippen LogP contribution in [0.3, 0.4) is 0 Å². The molecule has 0 amide bonds. The number of ether oxygens (including phenoxy) is 1. The first kappa shape index (κ1) is 16.1. The van der Waals surface area contributed by atoms with Gasteiger partial charge in [-0.2, -0.15) is 0 Å². The van der Waals surface area contributed by atoms with Crippen LogP contribution in [0.4, 0.5) is 0 Å². The summed E-state index contributed by atoms with van der Waals surface area (Å²) in [5.41, 5.74) is 5.16. The maximum Gasteiger partial charge on any atom is 0.122 e. The zero-order valence-electron chi connectivity index (χ0n) is 13.0. The Morgan fingerprint density at radius 2 is 1.90 bits per heavy atom. The summed E-state index contributed by atoms with van der Waals surface area (Å²) in [5.74, 6) is 0.934. The van der Waals surface area contributed by atoms with Crippen LogP contribution in [0.1, 0.15) is 28.3 Å². The fraction of sp³-hybridized carbons (Fsp3) is 0.333. The smallest absolute Gasteiger partial charge is 0.122 e. The van der Waals surface area contributed by atoms with Gasteiger partial charge in [0.05, 0.1) is 7.11 Å². The van der Waals surface area contributed by atoms with Crippen molar-refractivity contribution >= 4 is 15.9 Å². The number of hydrogen-bond donors (Lipinski definition) is 1. The zero-order chi connectivity index (χ0) is 15.4. The van der Waals surface area contributed by atoms with E-state index in [1.165, 1.54) is 22.3 Å². The van der Waals surface area contributed by atoms with Gasteiger partial charge in [0.25, 0.3) is 0 Å². The van der Waals surface area contributed by atoms with Gasteiger partial charge in [-0.1, -0.05) is 39.7 Å². The highest BCUT2D eigenvalue weighted by Gasteiger charge is 2.15. The summed E-state index contributed by atoms with van der Waals surface area (Å²) in [6.07, 6.45) is 0.892. The molecule has 2 rings (SSSR count). The number of halogens is 1. The molecule has 2 nitrogen and oxygen atoms in total. The van der Waals surface area contributed by atoms with E-state index in [9.17, 15) is 0 Å². The van der Waals surface area contributed by atoms with Gasteiger partial charge in [0.2, 0.25) is 0 Å². The average molecular weight is 348 g/mol. The number of aryl methyl sites for hydroxylation is 2. The molecule has 2 aromatic carbocycles. The molecule has 3 heteroatoms. The first-order valence-electron chi connectivity index (χ1n) is 7.12. The maximum atomic E-state index is 5.48. The van der Waals surface area contributed by atoms with Gasteiger partial charge >= 0.3 is 0 Å². The Hall–Kier alpha value is -1.32. The summed E-state index contributed by atoms with van der Waals surface area (Å²) in [6, 6.07) is 13.0. The number of methoxy groups -OCH3 is 1. The molecule has 1 unspecified atom stereocenters. The van der Waals surface area contributed by atoms with E-state index in [0.29, 0.717) is 0 Å². The molecule has 0 aliphatic rings. The van der Waals surface area contributed by atoms with Crippen molar-refractivity contribution in [3.05, 3.63) is 63.1 Å². The van der Waals surface area contributed by atoms with Gasteiger partial charge in [0, 0.05) is 10.5 Å². The average Bonchev–Trinajstić information content (AvgIpc) is 2.45. The maximum absolute atomic E-state index is 5.48. The highest BCUT2D eigenvalue weighted by Crippen LogP contribution is 2.29. The molecule has 1 N–H and O–H groups in total. The van der Waals surface area contributed by atoms with Gasteiger partial charge in [-0.25, -0.2) is 0 Å². The van der Waals surface area contributed by atoms with Gasteiger partial charge in [0.1, 0.15) is 5.75 Å². The fourth-order valence-electron chi connectivity index (χ4n) is 2.71. The molecule has 0 bridgehead atoms. The molecule has 21 heavy (non-hydrogen) atoms. The molecule has 0 saturated carbocycles. The van der Waals surface area contributed by atoms with Gasteiger partial charge < -0.3 is 10.1 Å². The molecule has 1 atom stereocenters. The monoisotopic (exact) mass is 347 g/mol. The molecule has 0 aliphatic heterocycles. The summed E-state index contributed by atoms with van der Waals surface area (Å²) >= 11 is 3.54. The molecular weight excluding hydrogens is 326 g/mol. The van der Waals surface area contributed by atoms with E-state index < -0.39 is 0 Å². The standard InChI is InChI=1S/C18H22BrNO/c1-12-5-7-16(13(2)9-12)17(20-3)11-14-10-15(19)6-8-18(14)21-4/h5-10,17,20H,11H2,1-4H3. The lowest BCUT2D eigenvalue weighted by Gasteiger charge is -2.21. The third-order valence-corrected chi connectivity index (χ3v) is 4.31. The first-order chi connectivity index (χ1) is 10.0. The zero-order valence-corrected chi connectivity index (χ0v) is 14.6. The van der Waals surface area contributed by atoms with Crippen molar-refractivity contribution in [1.29, 1.82) is 0 Å². The SMILES string of the molecule is CNC(Cc1cc(Br)ccc1OC)c1ccc(C)cc1C. The van der Waals surface area contributed by atoms with Crippen molar-refractivity contribution in [2.75, 3.05) is 14.2 Å². The third-order valence-electron chi connectivity index (χ3n) is 3.82. The third kappa shape index (κ3) is 3.86. The van der Waals surface area contributed by atoms with Crippen LogP contribution in [0.15, 0.2) is 40.9 Å². The molecule has 0 aromatic heterocycles. The largest absolute Gasteiger partial charge is 0.496 e. The normalized spacial score (nSPS) is 12.2. The minimum atomic E-state index is 0.272. The summed E-state index contributed by atoms with van der Waals surface area (Å²) in [5, 5.41) is 3.43. The Bertz CT molecular complexity index is 625. The van der Waals surface area contributed by atoms with E-state index in [-0.39, 0.29) is 6.04 Å². The van der Waals surface area contributed by atoms with Crippen molar-refractivity contribution in [1.82, 2.24) is 5.32 Å². The summed E-state index contributed by atoms with van der Waals surface area (Å²) in [4.78, 5) is 0. The van der Waals surface area contributed by atoms with Crippen molar-refractivity contribution < 1.29 is 4.74 Å². The van der Waals surface area contributed by atoms with Crippen LogP contribution in [-0.4, -0.2) is 14.2 Å². The molecule has 0 spiro atoms. The molecule has 0 radical (unpaired) electrons. The van der Waals surface area contributed by atoms with Crippen molar-refractivity contribution in [3.63, 3.8) is 0 Å². The molecule has 0 saturated heterocycles. The van der Waals surface area contributed by atoms with E-state index >= 15 is 0 Å². The quantitative estimate of drug-likeness (QED) is 0.854. The van der Waals surface area contributed by atoms with Crippen LogP contribution in [0.5, 0.6) is 5.75 Å². The predicted molar refractivity (Wildman–Crippen MR) is 92.1 cm³/mol. The van der Waals surface area contributed by atoms with Crippen molar-refractivity contribution in [2.45, 2.75) is 26.3 Å². The van der Waals surface area contributed by atoms with Crippen molar-refractivity contribution in [2.24, 2.45) is 0 Å². The van der Waals surface area contributed by atoms with Crippen LogP contribution in [-0.2, 0) is 6.42 Å². The summed E-state index contributed by atoms with van der Waals surface area (Å²) < 4.78 is 6.56. The summed E-state index contributed by atoms with van der Waals surface area (Å²) in [7, 11) is 3.73. The minimum absolute atomic E-state index is 0.272. The van der Waals surface area contributed by atoms with Crippen LogP contribution in [0.2, 0.25) is 0 Å². The highest BCUT2D eigenvalue weighted by molar-refractivity contribution is 9.10. The Labute approximate surface area is 135 Å². The molecular formula is C18H22BrNO. The fourth-order valence-corrected chi connectivity index (χ4v) is 3.12. The van der Waals surface area contributed by atoms with Crippen LogP contribution < -0.4 is 10.1 Å². The van der Waals surface area contributed by atoms with E-state index in [1.54, 1.807) is 7.11 Å². The first-order valence-corrected chi connectivity index (χ1v) is 7.91. The second-order valence-corrected chi connectivity index (χ2v) is 6.28. The summed E-state index contributed by atoms with van der Waals surface area (Å²) in [6.45, 7) is 4.30. The van der Waals surface area contributed by atoms with Crippen LogP contribution >= 0.6 is 15.9 Å². The second-order valence-electron chi connectivity index (χ2n) is 5.36. The van der Waals surface area contributed by atoms with E-state index in [0.717, 1.165) is 16.6 Å². The predicted octanol–water partition coefficient (Wildman–Crippen LogP) is 4.58. The van der Waals surface area contributed by atoms with Crippen LogP contribution in [0.25, 0.3) is 0 Å². The molecule has 0 heterocycles.